The third-order valence-electron chi connectivity index (χ3n) is 17.9. The third kappa shape index (κ3) is 5.55. The molecule has 0 bridgehead atoms. The molecule has 5 aliphatic rings. The first kappa shape index (κ1) is 44.3. The van der Waals surface area contributed by atoms with E-state index in [1.54, 1.807) is 0 Å². The molecule has 0 aromatic heterocycles. The lowest BCUT2D eigenvalue weighted by Crippen LogP contribution is -2.32. The average Bonchev–Trinajstić information content (AvgIpc) is 4.10. The number of benzene rings is 12. The molecule has 2 spiro atoms. The summed E-state index contributed by atoms with van der Waals surface area (Å²) in [5.74, 6) is 0. The number of anilines is 3. The van der Waals surface area contributed by atoms with Crippen LogP contribution in [0.4, 0.5) is 17.1 Å². The van der Waals surface area contributed by atoms with Crippen LogP contribution >= 0.6 is 23.5 Å². The fraction of sp³-hybridized carbons (Fsp3) is 0.0400. The molecule has 364 valence electrons. The number of fused-ring (bicyclic) bond motifs is 21. The monoisotopic (exact) mass is 1030 g/mol. The average molecular weight is 1030 g/mol. The van der Waals surface area contributed by atoms with E-state index in [9.17, 15) is 0 Å². The molecule has 0 unspecified atom stereocenters. The summed E-state index contributed by atoms with van der Waals surface area (Å²) in [7, 11) is 0. The number of hydrogen-bond acceptors (Lipinski definition) is 3. The second-order valence-corrected chi connectivity index (χ2v) is 23.4. The minimum atomic E-state index is -0.596. The molecule has 0 amide bonds. The number of nitrogens with zero attached hydrogens (tertiary/aromatic N) is 1. The third-order valence-corrected chi connectivity index (χ3v) is 20.2. The Labute approximate surface area is 463 Å². The highest BCUT2D eigenvalue weighted by Gasteiger charge is 2.54. The van der Waals surface area contributed by atoms with Gasteiger partial charge >= 0.3 is 0 Å². The van der Waals surface area contributed by atoms with Gasteiger partial charge in [0.25, 0.3) is 0 Å². The zero-order chi connectivity index (χ0) is 51.2. The van der Waals surface area contributed by atoms with E-state index >= 15 is 0 Å². The Bertz CT molecular complexity index is 4150. The number of hydrogen-bond donors (Lipinski definition) is 0. The molecule has 2 heterocycles. The van der Waals surface area contributed by atoms with Crippen molar-refractivity contribution in [2.45, 2.75) is 35.8 Å². The Morgan fingerprint density at radius 3 is 0.808 bits per heavy atom. The van der Waals surface area contributed by atoms with Crippen molar-refractivity contribution in [2.75, 3.05) is 4.90 Å². The maximum absolute atomic E-state index is 2.70. The zero-order valence-corrected chi connectivity index (χ0v) is 44.0. The van der Waals surface area contributed by atoms with Crippen molar-refractivity contribution in [3.63, 3.8) is 0 Å². The standard InChI is InChI=1S/C75H47NS2/c1-3-24-48(25-4-1)73(49-26-5-2-6-27-49)53-31-10-7-28-50(53)70-60(73)38-21-41-63(70)76(64-42-22-39-61-71(64)51-29-8-11-32-54(51)74(61)56-34-13-17-44-66(56)77-67-45-18-14-35-57(67)74)65-43-23-40-62-72(65)52-30-9-12-33-55(52)75(62)58-36-15-19-46-68(58)78-69-47-20-16-37-59(69)75/h1-47H. The first-order chi connectivity index (χ1) is 38.7. The van der Waals surface area contributed by atoms with E-state index in [0.29, 0.717) is 0 Å². The molecule has 17 rings (SSSR count). The second kappa shape index (κ2) is 16.6. The minimum absolute atomic E-state index is 0.560. The van der Waals surface area contributed by atoms with Gasteiger partial charge in [-0.3, -0.25) is 0 Å². The zero-order valence-electron chi connectivity index (χ0n) is 42.4. The van der Waals surface area contributed by atoms with Crippen molar-refractivity contribution in [3.05, 3.63) is 352 Å². The molecule has 3 aliphatic carbocycles. The largest absolute Gasteiger partial charge is 0.309 e. The van der Waals surface area contributed by atoms with E-state index in [4.69, 9.17) is 0 Å². The van der Waals surface area contributed by atoms with Gasteiger partial charge in [-0.15, -0.1) is 0 Å². The van der Waals surface area contributed by atoms with Crippen LogP contribution in [0.2, 0.25) is 0 Å². The predicted molar refractivity (Wildman–Crippen MR) is 321 cm³/mol. The van der Waals surface area contributed by atoms with Crippen molar-refractivity contribution >= 4 is 40.6 Å². The number of rotatable bonds is 5. The molecule has 0 radical (unpaired) electrons. The first-order valence-corrected chi connectivity index (χ1v) is 28.7. The van der Waals surface area contributed by atoms with Crippen LogP contribution in [0.5, 0.6) is 0 Å². The molecule has 78 heavy (non-hydrogen) atoms. The van der Waals surface area contributed by atoms with Crippen LogP contribution in [-0.2, 0) is 16.2 Å². The fourth-order valence-corrected chi connectivity index (χ4v) is 17.6. The van der Waals surface area contributed by atoms with Crippen LogP contribution < -0.4 is 4.90 Å². The molecule has 0 fully saturated rings. The van der Waals surface area contributed by atoms with Crippen LogP contribution in [0.1, 0.15) is 66.8 Å². The van der Waals surface area contributed by atoms with E-state index in [1.165, 1.54) is 120 Å². The Morgan fingerprint density at radius 2 is 0.462 bits per heavy atom. The Morgan fingerprint density at radius 1 is 0.205 bits per heavy atom. The van der Waals surface area contributed by atoms with Crippen molar-refractivity contribution in [1.29, 1.82) is 0 Å². The minimum Gasteiger partial charge on any atom is -0.309 e. The summed E-state index contributed by atoms with van der Waals surface area (Å²) in [6, 6.07) is 109. The van der Waals surface area contributed by atoms with Gasteiger partial charge in [0, 0.05) is 36.3 Å². The molecule has 0 atom stereocenters. The Kier molecular flexibility index (Phi) is 9.41. The molecular weight excluding hydrogens is 979 g/mol. The lowest BCUT2D eigenvalue weighted by Gasteiger charge is -2.40. The summed E-state index contributed by atoms with van der Waals surface area (Å²) < 4.78 is 0. The van der Waals surface area contributed by atoms with E-state index in [1.807, 2.05) is 23.5 Å². The van der Waals surface area contributed by atoms with Crippen molar-refractivity contribution < 1.29 is 0 Å². The lowest BCUT2D eigenvalue weighted by atomic mass is 9.67. The SMILES string of the molecule is c1ccc(C2(c3ccccc3)c3ccccc3-c3c(N(c4cccc5c4-c4ccccc4C54c5ccccc5Sc5ccccc54)c4cccc5c4-c4ccccc4C54c5ccccc5Sc5ccccc54)cccc32)cc1. The molecule has 0 saturated carbocycles. The van der Waals surface area contributed by atoms with Gasteiger partial charge in [0.1, 0.15) is 0 Å². The molecular formula is C75H47NS2. The van der Waals surface area contributed by atoms with Gasteiger partial charge in [0.2, 0.25) is 0 Å². The van der Waals surface area contributed by atoms with Gasteiger partial charge < -0.3 is 4.90 Å². The Hall–Kier alpha value is -8.86. The van der Waals surface area contributed by atoms with E-state index < -0.39 is 16.2 Å². The van der Waals surface area contributed by atoms with E-state index in [0.717, 1.165) is 17.1 Å². The highest BCUT2D eigenvalue weighted by molar-refractivity contribution is 7.99. The van der Waals surface area contributed by atoms with Crippen LogP contribution in [0.3, 0.4) is 0 Å². The van der Waals surface area contributed by atoms with Crippen LogP contribution in [0.25, 0.3) is 33.4 Å². The van der Waals surface area contributed by atoms with Gasteiger partial charge in [0.05, 0.1) is 33.3 Å². The highest BCUT2D eigenvalue weighted by Crippen LogP contribution is 2.68. The molecule has 12 aromatic carbocycles. The van der Waals surface area contributed by atoms with Gasteiger partial charge in [-0.1, -0.05) is 266 Å². The summed E-state index contributed by atoms with van der Waals surface area (Å²) in [6.45, 7) is 0. The lowest BCUT2D eigenvalue weighted by molar-refractivity contribution is 0.722. The highest BCUT2D eigenvalue weighted by atomic mass is 32.2. The molecule has 12 aromatic rings. The van der Waals surface area contributed by atoms with E-state index in [2.05, 4.69) is 290 Å². The summed E-state index contributed by atoms with van der Waals surface area (Å²) in [4.78, 5) is 7.89. The van der Waals surface area contributed by atoms with Gasteiger partial charge in [-0.2, -0.15) is 0 Å². The van der Waals surface area contributed by atoms with Crippen LogP contribution in [-0.4, -0.2) is 0 Å². The molecule has 2 aliphatic heterocycles. The van der Waals surface area contributed by atoms with Gasteiger partial charge in [-0.05, 0) is 126 Å². The predicted octanol–water partition coefficient (Wildman–Crippen LogP) is 19.2. The van der Waals surface area contributed by atoms with Crippen molar-refractivity contribution in [1.82, 2.24) is 0 Å². The summed E-state index contributed by atoms with van der Waals surface area (Å²) in [5, 5.41) is 0. The maximum Gasteiger partial charge on any atom is 0.0736 e. The van der Waals surface area contributed by atoms with Crippen molar-refractivity contribution in [3.8, 4) is 33.4 Å². The molecule has 0 N–H and O–H groups in total. The molecule has 0 saturated heterocycles. The second-order valence-electron chi connectivity index (χ2n) is 21.2. The Balaban J connectivity index is 1.04. The molecule has 3 heteroatoms. The fourth-order valence-electron chi connectivity index (χ4n) is 15.2. The maximum atomic E-state index is 2.70. The normalized spacial score (nSPS) is 15.1. The van der Waals surface area contributed by atoms with Crippen LogP contribution in [0.15, 0.2) is 305 Å². The topological polar surface area (TPSA) is 3.24 Å². The quantitative estimate of drug-likeness (QED) is 0.169. The molecule has 1 nitrogen and oxygen atoms in total. The van der Waals surface area contributed by atoms with Gasteiger partial charge in [0.15, 0.2) is 0 Å². The smallest absolute Gasteiger partial charge is 0.0736 e. The first-order valence-electron chi connectivity index (χ1n) is 27.1. The summed E-state index contributed by atoms with van der Waals surface area (Å²) >= 11 is 3.79. The van der Waals surface area contributed by atoms with Gasteiger partial charge in [-0.25, -0.2) is 0 Å². The summed E-state index contributed by atoms with van der Waals surface area (Å²) in [6.07, 6.45) is 0. The summed E-state index contributed by atoms with van der Waals surface area (Å²) in [5.41, 5.74) is 24.9. The van der Waals surface area contributed by atoms with Crippen molar-refractivity contribution in [2.24, 2.45) is 0 Å². The van der Waals surface area contributed by atoms with E-state index in [-0.39, 0.29) is 0 Å². The van der Waals surface area contributed by atoms with Crippen LogP contribution in [0, 0.1) is 0 Å².